The predicted molar refractivity (Wildman–Crippen MR) is 124 cm³/mol. The zero-order chi connectivity index (χ0) is 26.9. The average Bonchev–Trinajstić information content (AvgIpc) is 3.11. The molecular formula is C20H28N6O9. The van der Waals surface area contributed by atoms with E-state index < -0.39 is 37.6 Å². The summed E-state index contributed by atoms with van der Waals surface area (Å²) in [5.41, 5.74) is -1.30. The van der Waals surface area contributed by atoms with Gasteiger partial charge < -0.3 is 9.63 Å². The van der Waals surface area contributed by atoms with Crippen LogP contribution in [-0.4, -0.2) is 55.0 Å². The van der Waals surface area contributed by atoms with Crippen molar-refractivity contribution in [1.29, 1.82) is 0 Å². The van der Waals surface area contributed by atoms with E-state index >= 15 is 0 Å². The third-order valence-corrected chi connectivity index (χ3v) is 5.17. The number of non-ortho nitro benzene ring substituents is 1. The summed E-state index contributed by atoms with van der Waals surface area (Å²) in [6, 6.07) is 0.787. The van der Waals surface area contributed by atoms with Gasteiger partial charge >= 0.3 is 11.4 Å². The zero-order valence-corrected chi connectivity index (χ0v) is 20.0. The van der Waals surface area contributed by atoms with Gasteiger partial charge in [0.1, 0.15) is 0 Å². The van der Waals surface area contributed by atoms with Crippen LogP contribution < -0.4 is 5.32 Å². The van der Waals surface area contributed by atoms with Crippen molar-refractivity contribution in [3.63, 3.8) is 0 Å². The van der Waals surface area contributed by atoms with Crippen molar-refractivity contribution < 1.29 is 29.2 Å². The van der Waals surface area contributed by atoms with Crippen molar-refractivity contribution >= 4 is 28.9 Å². The highest BCUT2D eigenvalue weighted by molar-refractivity contribution is 5.94. The van der Waals surface area contributed by atoms with Gasteiger partial charge in [0, 0.05) is 5.56 Å². The Kier molecular flexibility index (Phi) is 10.7. The number of aryl methyl sites for hydroxylation is 1. The average molecular weight is 496 g/mol. The largest absolute Gasteiger partial charge is 0.497 e. The number of nitro benzene ring substituents is 3. The van der Waals surface area contributed by atoms with Gasteiger partial charge in [-0.1, -0.05) is 32.3 Å². The second-order valence-corrected chi connectivity index (χ2v) is 7.34. The molecule has 1 amide bonds. The molecule has 1 aromatic carbocycles. The minimum Gasteiger partial charge on any atom is -0.497 e. The number of amides is 1. The summed E-state index contributed by atoms with van der Waals surface area (Å²) in [7, 11) is 0. The van der Waals surface area contributed by atoms with E-state index in [2.05, 4.69) is 36.1 Å². The van der Waals surface area contributed by atoms with Crippen molar-refractivity contribution in [2.75, 3.05) is 18.4 Å². The molecule has 2 aromatic rings. The van der Waals surface area contributed by atoms with Crippen molar-refractivity contribution in [2.24, 2.45) is 0 Å². The standard InChI is InChI=1S/C14H25N3O2.C6H3N3O7/c1-6-9-12(17(7-2)8-3)13(18)15-14-10(4)11(5)16-19-14;10-6-4(8(13)14)1-3(7(11)12)2-5(6)9(15)16/h12H,6-9H2,1-5H3,(H,15,18);1-2,10H. The predicted octanol–water partition coefficient (Wildman–Crippen LogP) is 3.86. The molecule has 0 saturated heterocycles. The summed E-state index contributed by atoms with van der Waals surface area (Å²) in [6.07, 6.45) is 1.82. The minimum atomic E-state index is -1.21. The van der Waals surface area contributed by atoms with Gasteiger partial charge in [-0.05, 0) is 33.4 Å². The fourth-order valence-electron chi connectivity index (χ4n) is 3.12. The summed E-state index contributed by atoms with van der Waals surface area (Å²) in [6.45, 7) is 11.7. The zero-order valence-electron chi connectivity index (χ0n) is 20.0. The van der Waals surface area contributed by atoms with Crippen LogP contribution >= 0.6 is 0 Å². The fraction of sp³-hybridized carbons (Fsp3) is 0.500. The number of likely N-dealkylation sites (N-methyl/N-ethyl adjacent to an activating group) is 1. The second-order valence-electron chi connectivity index (χ2n) is 7.34. The number of anilines is 1. The van der Waals surface area contributed by atoms with Crippen LogP contribution in [0.3, 0.4) is 0 Å². The SMILES string of the molecule is CCCC(C(=O)Nc1onc(C)c1C)N(CC)CC.O=[N+]([O-])c1cc([N+](=O)[O-])c(O)c([N+](=O)[O-])c1. The maximum atomic E-state index is 12.4. The first-order valence-corrected chi connectivity index (χ1v) is 10.7. The van der Waals surface area contributed by atoms with Crippen LogP contribution in [-0.2, 0) is 4.79 Å². The smallest absolute Gasteiger partial charge is 0.324 e. The van der Waals surface area contributed by atoms with Gasteiger partial charge in [-0.2, -0.15) is 0 Å². The highest BCUT2D eigenvalue weighted by Crippen LogP contribution is 2.38. The number of rotatable bonds is 10. The van der Waals surface area contributed by atoms with E-state index in [-0.39, 0.29) is 11.9 Å². The lowest BCUT2D eigenvalue weighted by molar-refractivity contribution is -0.404. The topological polar surface area (TPSA) is 208 Å². The molecule has 15 nitrogen and oxygen atoms in total. The molecule has 1 unspecified atom stereocenters. The van der Waals surface area contributed by atoms with Crippen LogP contribution in [0.1, 0.15) is 44.9 Å². The van der Waals surface area contributed by atoms with Gasteiger partial charge in [0.25, 0.3) is 11.4 Å². The molecule has 0 spiro atoms. The van der Waals surface area contributed by atoms with Crippen LogP contribution in [0.4, 0.5) is 22.9 Å². The minimum absolute atomic E-state index is 0.00944. The van der Waals surface area contributed by atoms with E-state index in [4.69, 9.17) is 9.63 Å². The molecule has 0 aliphatic carbocycles. The Labute approximate surface area is 200 Å². The second kappa shape index (κ2) is 12.9. The van der Waals surface area contributed by atoms with Crippen LogP contribution in [0.2, 0.25) is 0 Å². The molecule has 192 valence electrons. The molecule has 0 aliphatic heterocycles. The van der Waals surface area contributed by atoms with Crippen LogP contribution in [0.25, 0.3) is 0 Å². The molecule has 1 aromatic heterocycles. The van der Waals surface area contributed by atoms with E-state index in [1.165, 1.54) is 0 Å². The first-order valence-electron chi connectivity index (χ1n) is 10.7. The Morgan fingerprint density at radius 1 is 1.06 bits per heavy atom. The van der Waals surface area contributed by atoms with Crippen molar-refractivity contribution in [3.05, 3.63) is 53.7 Å². The van der Waals surface area contributed by atoms with Crippen LogP contribution in [0.15, 0.2) is 16.7 Å². The summed E-state index contributed by atoms with van der Waals surface area (Å²) in [5, 5.41) is 46.9. The molecule has 1 atom stereocenters. The van der Waals surface area contributed by atoms with Gasteiger partial charge in [-0.3, -0.25) is 45.4 Å². The van der Waals surface area contributed by atoms with E-state index in [1.54, 1.807) is 0 Å². The third-order valence-electron chi connectivity index (χ3n) is 5.17. The molecule has 0 radical (unpaired) electrons. The Balaban J connectivity index is 0.000000355. The number of hydrogen-bond acceptors (Lipinski definition) is 11. The first kappa shape index (κ1) is 28.9. The van der Waals surface area contributed by atoms with Gasteiger partial charge in [0.2, 0.25) is 11.8 Å². The molecule has 0 saturated carbocycles. The van der Waals surface area contributed by atoms with Gasteiger partial charge in [0.15, 0.2) is 0 Å². The Bertz CT molecular complexity index is 1050. The van der Waals surface area contributed by atoms with E-state index in [0.717, 1.165) is 37.2 Å². The molecule has 2 rings (SSSR count). The molecule has 35 heavy (non-hydrogen) atoms. The van der Waals surface area contributed by atoms with Crippen LogP contribution in [0, 0.1) is 44.2 Å². The summed E-state index contributed by atoms with van der Waals surface area (Å²) < 4.78 is 5.14. The maximum absolute atomic E-state index is 12.4. The number of benzene rings is 1. The van der Waals surface area contributed by atoms with E-state index in [1.807, 2.05) is 13.8 Å². The van der Waals surface area contributed by atoms with E-state index in [0.29, 0.717) is 18.0 Å². The molecule has 2 N–H and O–H groups in total. The molecule has 0 bridgehead atoms. The lowest BCUT2D eigenvalue weighted by Crippen LogP contribution is -2.43. The number of carbonyl (C=O) groups is 1. The molecule has 0 fully saturated rings. The number of aromatic hydroxyl groups is 1. The van der Waals surface area contributed by atoms with Gasteiger partial charge in [-0.15, -0.1) is 0 Å². The summed E-state index contributed by atoms with van der Waals surface area (Å²) >= 11 is 0. The summed E-state index contributed by atoms with van der Waals surface area (Å²) in [5.74, 6) is -0.749. The number of phenolic OH excluding ortho intramolecular Hbond substituents is 1. The van der Waals surface area contributed by atoms with Gasteiger partial charge in [-0.25, -0.2) is 0 Å². The Hall–Kier alpha value is -4.14. The van der Waals surface area contributed by atoms with Crippen molar-refractivity contribution in [3.8, 4) is 5.75 Å². The Morgan fingerprint density at radius 2 is 1.57 bits per heavy atom. The monoisotopic (exact) mass is 496 g/mol. The van der Waals surface area contributed by atoms with Crippen LogP contribution in [0.5, 0.6) is 5.75 Å². The molecule has 0 aliphatic rings. The number of phenols is 1. The number of hydrogen-bond donors (Lipinski definition) is 2. The lowest BCUT2D eigenvalue weighted by Gasteiger charge is -2.27. The van der Waals surface area contributed by atoms with Gasteiger partial charge in [0.05, 0.1) is 38.6 Å². The number of nitrogens with one attached hydrogen (secondary N) is 1. The normalized spacial score (nSPS) is 11.4. The third kappa shape index (κ3) is 7.43. The highest BCUT2D eigenvalue weighted by atomic mass is 16.6. The summed E-state index contributed by atoms with van der Waals surface area (Å²) in [4.78, 5) is 42.3. The number of nitro groups is 3. The number of nitrogens with zero attached hydrogens (tertiary/aromatic N) is 5. The molecule has 1 heterocycles. The quantitative estimate of drug-likeness (QED) is 0.356. The fourth-order valence-corrected chi connectivity index (χ4v) is 3.12. The maximum Gasteiger partial charge on any atom is 0.324 e. The van der Waals surface area contributed by atoms with Crippen molar-refractivity contribution in [2.45, 2.75) is 53.5 Å². The lowest BCUT2D eigenvalue weighted by atomic mass is 10.1. The highest BCUT2D eigenvalue weighted by Gasteiger charge is 2.30. The number of carbonyl (C=O) groups excluding carboxylic acids is 1. The molecular weight excluding hydrogens is 468 g/mol. The van der Waals surface area contributed by atoms with Crippen molar-refractivity contribution in [1.82, 2.24) is 10.1 Å². The number of aromatic nitrogens is 1. The van der Waals surface area contributed by atoms with E-state index in [9.17, 15) is 35.1 Å². The molecule has 15 heteroatoms. The Morgan fingerprint density at radius 3 is 1.91 bits per heavy atom. The first-order chi connectivity index (χ1) is 16.4.